The minimum atomic E-state index is -0.314. The van der Waals surface area contributed by atoms with Crippen molar-refractivity contribution in [2.24, 2.45) is 0 Å². The number of likely N-dealkylation sites (tertiary alicyclic amines) is 1. The fourth-order valence-electron chi connectivity index (χ4n) is 3.22. The Kier molecular flexibility index (Phi) is 5.24. The molecule has 24 heavy (non-hydrogen) atoms. The molecule has 0 amide bonds. The van der Waals surface area contributed by atoms with Gasteiger partial charge in [0.05, 0.1) is 24.3 Å². The molecule has 2 unspecified atom stereocenters. The lowest BCUT2D eigenvalue weighted by Crippen LogP contribution is -2.46. The number of nitrogens with zero attached hydrogens (tertiary/aromatic N) is 4. The number of aromatic nitrogens is 2. The average Bonchev–Trinajstić information content (AvgIpc) is 3.10. The van der Waals surface area contributed by atoms with Crippen molar-refractivity contribution in [3.63, 3.8) is 0 Å². The molecule has 1 fully saturated rings. The first-order valence-corrected chi connectivity index (χ1v) is 8.46. The molecule has 1 aromatic carbocycles. The van der Waals surface area contributed by atoms with E-state index >= 15 is 0 Å². The Morgan fingerprint density at radius 3 is 2.83 bits per heavy atom. The second-order valence-corrected chi connectivity index (χ2v) is 6.20. The largest absolute Gasteiger partial charge is 0.419 e. The van der Waals surface area contributed by atoms with Crippen molar-refractivity contribution in [1.29, 1.82) is 5.26 Å². The van der Waals surface area contributed by atoms with Crippen LogP contribution >= 0.6 is 0 Å². The molecule has 1 N–H and O–H groups in total. The van der Waals surface area contributed by atoms with Crippen molar-refractivity contribution in [3.05, 3.63) is 35.7 Å². The standard InChI is InChI=1S/C18H22N4O2/c1-2-16(23)15-5-3-4-10-22(15)12-17-20-21-18(24-17)14-8-6-13(11-19)7-9-14/h6-9,15-16,23H,2-5,10,12H2,1H3. The molecule has 2 heterocycles. The zero-order valence-electron chi connectivity index (χ0n) is 13.9. The quantitative estimate of drug-likeness (QED) is 0.909. The lowest BCUT2D eigenvalue weighted by molar-refractivity contribution is 0.0155. The molecule has 2 atom stereocenters. The minimum absolute atomic E-state index is 0.161. The Hall–Kier alpha value is -2.23. The number of hydrogen-bond acceptors (Lipinski definition) is 6. The van der Waals surface area contributed by atoms with Crippen LogP contribution in [0.2, 0.25) is 0 Å². The summed E-state index contributed by atoms with van der Waals surface area (Å²) in [6.07, 6.45) is 3.72. The number of benzene rings is 1. The highest BCUT2D eigenvalue weighted by atomic mass is 16.4. The van der Waals surface area contributed by atoms with E-state index in [0.29, 0.717) is 23.9 Å². The number of hydrogen-bond donors (Lipinski definition) is 1. The Balaban J connectivity index is 1.71. The molecule has 126 valence electrons. The highest BCUT2D eigenvalue weighted by molar-refractivity contribution is 5.54. The Morgan fingerprint density at radius 2 is 2.12 bits per heavy atom. The van der Waals surface area contributed by atoms with Crippen LogP contribution in [0.5, 0.6) is 0 Å². The van der Waals surface area contributed by atoms with E-state index in [4.69, 9.17) is 9.68 Å². The van der Waals surface area contributed by atoms with Gasteiger partial charge in [-0.2, -0.15) is 5.26 Å². The summed E-state index contributed by atoms with van der Waals surface area (Å²) in [5.41, 5.74) is 1.40. The normalized spacial score (nSPS) is 19.8. The topological polar surface area (TPSA) is 86.2 Å². The third-order valence-electron chi connectivity index (χ3n) is 4.59. The van der Waals surface area contributed by atoms with Crippen molar-refractivity contribution in [3.8, 4) is 17.5 Å². The number of aliphatic hydroxyl groups is 1. The first kappa shape index (κ1) is 16.6. The maximum atomic E-state index is 10.2. The molecule has 6 heteroatoms. The van der Waals surface area contributed by atoms with Crippen LogP contribution in [-0.4, -0.2) is 38.9 Å². The van der Waals surface area contributed by atoms with Crippen LogP contribution in [0.3, 0.4) is 0 Å². The summed E-state index contributed by atoms with van der Waals surface area (Å²) >= 11 is 0. The maximum absolute atomic E-state index is 10.2. The summed E-state index contributed by atoms with van der Waals surface area (Å²) in [7, 11) is 0. The van der Waals surface area contributed by atoms with Gasteiger partial charge in [-0.05, 0) is 50.1 Å². The molecule has 1 aromatic heterocycles. The van der Waals surface area contributed by atoms with E-state index in [1.165, 1.54) is 0 Å². The molecular weight excluding hydrogens is 304 g/mol. The fraction of sp³-hybridized carbons (Fsp3) is 0.500. The van der Waals surface area contributed by atoms with Gasteiger partial charge >= 0.3 is 0 Å². The van der Waals surface area contributed by atoms with Gasteiger partial charge in [0.2, 0.25) is 11.8 Å². The van der Waals surface area contributed by atoms with Crippen LogP contribution in [0.15, 0.2) is 28.7 Å². The van der Waals surface area contributed by atoms with E-state index in [1.807, 2.05) is 6.92 Å². The lowest BCUT2D eigenvalue weighted by Gasteiger charge is -2.37. The van der Waals surface area contributed by atoms with Crippen molar-refractivity contribution in [2.75, 3.05) is 6.54 Å². The summed E-state index contributed by atoms with van der Waals surface area (Å²) in [5, 5.41) is 27.3. The summed E-state index contributed by atoms with van der Waals surface area (Å²) in [4.78, 5) is 2.24. The fourth-order valence-corrected chi connectivity index (χ4v) is 3.22. The summed E-state index contributed by atoms with van der Waals surface area (Å²) < 4.78 is 5.78. The number of aliphatic hydroxyl groups excluding tert-OH is 1. The van der Waals surface area contributed by atoms with Gasteiger partial charge in [-0.3, -0.25) is 4.90 Å². The molecule has 6 nitrogen and oxygen atoms in total. The first-order valence-electron chi connectivity index (χ1n) is 8.46. The lowest BCUT2D eigenvalue weighted by atomic mass is 9.96. The predicted molar refractivity (Wildman–Crippen MR) is 88.8 cm³/mol. The molecule has 0 bridgehead atoms. The van der Waals surface area contributed by atoms with Crippen molar-refractivity contribution in [2.45, 2.75) is 51.3 Å². The molecule has 1 aliphatic heterocycles. The van der Waals surface area contributed by atoms with Gasteiger partial charge in [-0.25, -0.2) is 0 Å². The monoisotopic (exact) mass is 326 g/mol. The molecule has 1 aliphatic rings. The smallest absolute Gasteiger partial charge is 0.247 e. The summed E-state index contributed by atoms with van der Waals surface area (Å²) in [6, 6.07) is 9.33. The zero-order chi connectivity index (χ0) is 16.9. The van der Waals surface area contributed by atoms with Crippen LogP contribution < -0.4 is 0 Å². The molecule has 2 aromatic rings. The first-order chi connectivity index (χ1) is 11.7. The predicted octanol–water partition coefficient (Wildman–Crippen LogP) is 2.73. The van der Waals surface area contributed by atoms with Gasteiger partial charge in [0, 0.05) is 11.6 Å². The van der Waals surface area contributed by atoms with Gasteiger partial charge in [0.1, 0.15) is 0 Å². The third-order valence-corrected chi connectivity index (χ3v) is 4.59. The average molecular weight is 326 g/mol. The van der Waals surface area contributed by atoms with Crippen LogP contribution in [0.4, 0.5) is 0 Å². The van der Waals surface area contributed by atoms with Gasteiger partial charge in [0.25, 0.3) is 0 Å². The Labute approximate surface area is 141 Å². The zero-order valence-corrected chi connectivity index (χ0v) is 13.9. The molecule has 0 spiro atoms. The molecule has 1 saturated heterocycles. The van der Waals surface area contributed by atoms with E-state index < -0.39 is 0 Å². The molecular formula is C18H22N4O2. The number of nitriles is 1. The Bertz CT molecular complexity index is 705. The van der Waals surface area contributed by atoms with Gasteiger partial charge < -0.3 is 9.52 Å². The van der Waals surface area contributed by atoms with Crippen molar-refractivity contribution in [1.82, 2.24) is 15.1 Å². The van der Waals surface area contributed by atoms with Gasteiger partial charge in [-0.15, -0.1) is 10.2 Å². The molecule has 0 aliphatic carbocycles. The van der Waals surface area contributed by atoms with Crippen molar-refractivity contribution < 1.29 is 9.52 Å². The van der Waals surface area contributed by atoms with Crippen LogP contribution in [0, 0.1) is 11.3 Å². The van der Waals surface area contributed by atoms with Crippen LogP contribution in [-0.2, 0) is 6.54 Å². The van der Waals surface area contributed by atoms with E-state index in [1.54, 1.807) is 24.3 Å². The third kappa shape index (κ3) is 3.64. The SMILES string of the molecule is CCC(O)C1CCCCN1Cc1nnc(-c2ccc(C#N)cc2)o1. The molecule has 0 radical (unpaired) electrons. The van der Waals surface area contributed by atoms with Gasteiger partial charge in [-0.1, -0.05) is 13.3 Å². The highest BCUT2D eigenvalue weighted by Gasteiger charge is 2.29. The van der Waals surface area contributed by atoms with E-state index in [-0.39, 0.29) is 12.1 Å². The summed E-state index contributed by atoms with van der Waals surface area (Å²) in [5.74, 6) is 1.02. The van der Waals surface area contributed by atoms with E-state index in [9.17, 15) is 5.11 Å². The molecule has 3 rings (SSSR count). The van der Waals surface area contributed by atoms with Crippen molar-refractivity contribution >= 4 is 0 Å². The van der Waals surface area contributed by atoms with Crippen LogP contribution in [0.25, 0.3) is 11.5 Å². The van der Waals surface area contributed by atoms with Crippen LogP contribution in [0.1, 0.15) is 44.1 Å². The maximum Gasteiger partial charge on any atom is 0.247 e. The second kappa shape index (κ2) is 7.56. The summed E-state index contributed by atoms with van der Waals surface area (Å²) in [6.45, 7) is 3.51. The number of rotatable bonds is 5. The molecule has 0 saturated carbocycles. The van der Waals surface area contributed by atoms with E-state index in [0.717, 1.165) is 37.8 Å². The minimum Gasteiger partial charge on any atom is -0.419 e. The second-order valence-electron chi connectivity index (χ2n) is 6.20. The number of piperidine rings is 1. The Morgan fingerprint density at radius 1 is 1.33 bits per heavy atom. The van der Waals surface area contributed by atoms with Gasteiger partial charge in [0.15, 0.2) is 0 Å². The van der Waals surface area contributed by atoms with E-state index in [2.05, 4.69) is 21.2 Å². The highest BCUT2D eigenvalue weighted by Crippen LogP contribution is 2.24.